The summed E-state index contributed by atoms with van der Waals surface area (Å²) in [5, 5.41) is 6.46. The van der Waals surface area contributed by atoms with Crippen LogP contribution in [0, 0.1) is 0 Å². The van der Waals surface area contributed by atoms with Crippen molar-refractivity contribution in [3.63, 3.8) is 0 Å². The molecule has 2 amide bonds. The predicted octanol–water partition coefficient (Wildman–Crippen LogP) is 2.60. The van der Waals surface area contributed by atoms with E-state index in [0.29, 0.717) is 35.2 Å². The van der Waals surface area contributed by atoms with Crippen molar-refractivity contribution in [2.24, 2.45) is 0 Å². The first kappa shape index (κ1) is 15.4. The summed E-state index contributed by atoms with van der Waals surface area (Å²) in [6.45, 7) is 0.527. The largest absolute Gasteiger partial charge is 0.492 e. The minimum absolute atomic E-state index is 0.0837. The molecule has 118 valence electrons. The number of benzene rings is 1. The van der Waals surface area contributed by atoms with Crippen LogP contribution in [0.25, 0.3) is 0 Å². The number of carbonyl (C=O) groups is 2. The Labute approximate surface area is 138 Å². The van der Waals surface area contributed by atoms with Crippen LogP contribution in [0.5, 0.6) is 5.75 Å². The van der Waals surface area contributed by atoms with Gasteiger partial charge in [-0.3, -0.25) is 9.59 Å². The molecule has 2 N–H and O–H groups in total. The van der Waals surface area contributed by atoms with Crippen LogP contribution >= 0.6 is 23.2 Å². The lowest BCUT2D eigenvalue weighted by Crippen LogP contribution is -2.43. The molecule has 0 aromatic heterocycles. The molecule has 7 heteroatoms. The SMILES string of the molecule is O=C1CC[C@H](C(=O)N[C@H]2CCCOc3c2ccc(Cl)c3Cl)N1. The third-order valence-electron chi connectivity index (χ3n) is 3.97. The summed E-state index contributed by atoms with van der Waals surface area (Å²) in [7, 11) is 0. The molecular formula is C15H16Cl2N2O3. The number of rotatable bonds is 2. The zero-order chi connectivity index (χ0) is 15.7. The summed E-state index contributed by atoms with van der Waals surface area (Å²) in [6, 6.07) is 2.88. The van der Waals surface area contributed by atoms with E-state index in [2.05, 4.69) is 10.6 Å². The van der Waals surface area contributed by atoms with Gasteiger partial charge < -0.3 is 15.4 Å². The summed E-state index contributed by atoms with van der Waals surface area (Å²) in [4.78, 5) is 23.5. The Bertz CT molecular complexity index is 621. The fourth-order valence-corrected chi connectivity index (χ4v) is 3.19. The number of hydrogen-bond donors (Lipinski definition) is 2. The van der Waals surface area contributed by atoms with E-state index in [1.807, 2.05) is 6.07 Å². The first-order valence-corrected chi connectivity index (χ1v) is 8.02. The average molecular weight is 343 g/mol. The number of amides is 2. The molecule has 5 nitrogen and oxygen atoms in total. The van der Waals surface area contributed by atoms with E-state index in [-0.39, 0.29) is 17.9 Å². The lowest BCUT2D eigenvalue weighted by atomic mass is 10.0. The van der Waals surface area contributed by atoms with Crippen molar-refractivity contribution in [3.8, 4) is 5.75 Å². The molecule has 22 heavy (non-hydrogen) atoms. The van der Waals surface area contributed by atoms with Crippen molar-refractivity contribution in [3.05, 3.63) is 27.7 Å². The second-order valence-electron chi connectivity index (χ2n) is 5.49. The van der Waals surface area contributed by atoms with Gasteiger partial charge in [-0.1, -0.05) is 29.3 Å². The summed E-state index contributed by atoms with van der Waals surface area (Å²) in [6.07, 6.45) is 2.47. The van der Waals surface area contributed by atoms with Crippen molar-refractivity contribution in [2.75, 3.05) is 6.61 Å². The predicted molar refractivity (Wildman–Crippen MR) is 83.2 cm³/mol. The van der Waals surface area contributed by atoms with Crippen LogP contribution in [-0.4, -0.2) is 24.5 Å². The lowest BCUT2D eigenvalue weighted by molar-refractivity contribution is -0.126. The topological polar surface area (TPSA) is 67.4 Å². The fourth-order valence-electron chi connectivity index (χ4n) is 2.82. The molecule has 2 atom stereocenters. The Hall–Kier alpha value is -1.46. The van der Waals surface area contributed by atoms with Crippen LogP contribution in [0.15, 0.2) is 12.1 Å². The molecule has 0 aliphatic carbocycles. The van der Waals surface area contributed by atoms with E-state index in [0.717, 1.165) is 18.4 Å². The Kier molecular flexibility index (Phi) is 4.45. The Morgan fingerprint density at radius 1 is 1.32 bits per heavy atom. The number of nitrogens with one attached hydrogen (secondary N) is 2. The van der Waals surface area contributed by atoms with Gasteiger partial charge in [-0.2, -0.15) is 0 Å². The van der Waals surface area contributed by atoms with Crippen molar-refractivity contribution < 1.29 is 14.3 Å². The standard InChI is InChI=1S/C15H16Cl2N2O3/c16-9-4-3-8-10(2-1-7-22-14(8)13(9)17)19-15(21)11-5-6-12(20)18-11/h3-4,10-11H,1-2,5-7H2,(H,18,20)(H,19,21)/t10-,11+/m0/s1. The van der Waals surface area contributed by atoms with Crippen molar-refractivity contribution in [1.82, 2.24) is 10.6 Å². The molecule has 2 aliphatic rings. The van der Waals surface area contributed by atoms with Crippen molar-refractivity contribution in [2.45, 2.75) is 37.8 Å². The third kappa shape index (κ3) is 3.01. The Balaban J connectivity index is 1.81. The summed E-state index contributed by atoms with van der Waals surface area (Å²) < 4.78 is 5.68. The molecule has 0 bridgehead atoms. The van der Waals surface area contributed by atoms with Gasteiger partial charge in [0.05, 0.1) is 17.7 Å². The number of hydrogen-bond acceptors (Lipinski definition) is 3. The molecule has 1 aromatic rings. The zero-order valence-electron chi connectivity index (χ0n) is 11.8. The molecule has 1 fully saturated rings. The van der Waals surface area contributed by atoms with E-state index in [1.54, 1.807) is 6.07 Å². The highest BCUT2D eigenvalue weighted by atomic mass is 35.5. The van der Waals surface area contributed by atoms with Gasteiger partial charge in [-0.05, 0) is 25.3 Å². The normalized spacial score (nSPS) is 24.0. The average Bonchev–Trinajstić information content (AvgIpc) is 2.83. The number of fused-ring (bicyclic) bond motifs is 1. The maximum Gasteiger partial charge on any atom is 0.243 e. The van der Waals surface area contributed by atoms with Gasteiger partial charge in [0.25, 0.3) is 0 Å². The first-order valence-electron chi connectivity index (χ1n) is 7.26. The van der Waals surface area contributed by atoms with Gasteiger partial charge >= 0.3 is 0 Å². The Morgan fingerprint density at radius 3 is 2.86 bits per heavy atom. The van der Waals surface area contributed by atoms with E-state index >= 15 is 0 Å². The summed E-state index contributed by atoms with van der Waals surface area (Å²) in [5.41, 5.74) is 0.824. The highest BCUT2D eigenvalue weighted by Gasteiger charge is 2.30. The molecule has 0 spiro atoms. The highest BCUT2D eigenvalue weighted by molar-refractivity contribution is 6.43. The van der Waals surface area contributed by atoms with E-state index in [4.69, 9.17) is 27.9 Å². The van der Waals surface area contributed by atoms with Crippen LogP contribution in [0.4, 0.5) is 0 Å². The molecule has 2 heterocycles. The highest BCUT2D eigenvalue weighted by Crippen LogP contribution is 2.40. The van der Waals surface area contributed by atoms with Gasteiger partial charge in [0.2, 0.25) is 11.8 Å². The van der Waals surface area contributed by atoms with Crippen LogP contribution < -0.4 is 15.4 Å². The minimum atomic E-state index is -0.456. The van der Waals surface area contributed by atoms with Crippen LogP contribution in [-0.2, 0) is 9.59 Å². The van der Waals surface area contributed by atoms with Gasteiger partial charge in [0.15, 0.2) is 0 Å². The molecule has 1 saturated heterocycles. The monoisotopic (exact) mass is 342 g/mol. The first-order chi connectivity index (χ1) is 10.6. The second-order valence-corrected chi connectivity index (χ2v) is 6.28. The molecule has 2 aliphatic heterocycles. The fraction of sp³-hybridized carbons (Fsp3) is 0.467. The van der Waals surface area contributed by atoms with Gasteiger partial charge in [-0.25, -0.2) is 0 Å². The molecule has 0 unspecified atom stereocenters. The summed E-state index contributed by atoms with van der Waals surface area (Å²) in [5.74, 6) is 0.279. The Morgan fingerprint density at radius 2 is 2.14 bits per heavy atom. The molecule has 3 rings (SSSR count). The van der Waals surface area contributed by atoms with Gasteiger partial charge in [0.1, 0.15) is 16.8 Å². The van der Waals surface area contributed by atoms with Crippen LogP contribution in [0.3, 0.4) is 0 Å². The van der Waals surface area contributed by atoms with E-state index in [1.165, 1.54) is 0 Å². The van der Waals surface area contributed by atoms with Gasteiger partial charge in [-0.15, -0.1) is 0 Å². The van der Waals surface area contributed by atoms with Crippen molar-refractivity contribution in [1.29, 1.82) is 0 Å². The maximum atomic E-state index is 12.3. The number of halogens is 2. The molecule has 0 radical (unpaired) electrons. The molecular weight excluding hydrogens is 327 g/mol. The summed E-state index contributed by atoms with van der Waals surface area (Å²) >= 11 is 12.2. The van der Waals surface area contributed by atoms with E-state index in [9.17, 15) is 9.59 Å². The smallest absolute Gasteiger partial charge is 0.243 e. The molecule has 1 aromatic carbocycles. The second kappa shape index (κ2) is 6.34. The van der Waals surface area contributed by atoms with Crippen LogP contribution in [0.1, 0.15) is 37.3 Å². The number of ether oxygens (including phenoxy) is 1. The van der Waals surface area contributed by atoms with E-state index < -0.39 is 6.04 Å². The quantitative estimate of drug-likeness (QED) is 0.867. The lowest BCUT2D eigenvalue weighted by Gasteiger charge is -2.21. The third-order valence-corrected chi connectivity index (χ3v) is 4.75. The zero-order valence-corrected chi connectivity index (χ0v) is 13.3. The molecule has 0 saturated carbocycles. The van der Waals surface area contributed by atoms with Crippen LogP contribution in [0.2, 0.25) is 10.0 Å². The maximum absolute atomic E-state index is 12.3. The van der Waals surface area contributed by atoms with Gasteiger partial charge in [0, 0.05) is 12.0 Å². The minimum Gasteiger partial charge on any atom is -0.492 e. The number of carbonyl (C=O) groups excluding carboxylic acids is 2. The van der Waals surface area contributed by atoms with Crippen molar-refractivity contribution >= 4 is 35.0 Å².